The van der Waals surface area contributed by atoms with Crippen LogP contribution >= 0.6 is 15.9 Å². The Balaban J connectivity index is 2.62. The lowest BCUT2D eigenvalue weighted by atomic mass is 10.0. The molecule has 5 heteroatoms. The summed E-state index contributed by atoms with van der Waals surface area (Å²) in [6.07, 6.45) is 1.14. The van der Waals surface area contributed by atoms with E-state index in [9.17, 15) is 14.4 Å². The normalized spacial score (nSPS) is 14.9. The Kier molecular flexibility index (Phi) is 2.19. The molecule has 0 spiro atoms. The molecule has 0 aliphatic heterocycles. The number of allylic oxidation sites excluding steroid dienone is 2. The van der Waals surface area contributed by atoms with Gasteiger partial charge in [0.05, 0.1) is 10.0 Å². The molecule has 2 rings (SSSR count). The summed E-state index contributed by atoms with van der Waals surface area (Å²) in [5, 5.41) is 0. The van der Waals surface area contributed by atoms with Gasteiger partial charge in [0.1, 0.15) is 0 Å². The Bertz CT molecular complexity index is 522. The third-order valence-electron chi connectivity index (χ3n) is 2.02. The van der Waals surface area contributed by atoms with Crippen LogP contribution < -0.4 is 0 Å². The molecule has 1 aromatic rings. The Morgan fingerprint density at radius 1 is 1.40 bits per heavy atom. The predicted octanol–water partition coefficient (Wildman–Crippen LogP) is 2.14. The lowest BCUT2D eigenvalue weighted by Gasteiger charge is -2.03. The lowest BCUT2D eigenvalue weighted by molar-refractivity contribution is 0.0956. The van der Waals surface area contributed by atoms with E-state index in [1.165, 1.54) is 13.0 Å². The van der Waals surface area contributed by atoms with Crippen molar-refractivity contribution in [1.29, 1.82) is 0 Å². The van der Waals surface area contributed by atoms with Crippen LogP contribution in [0.3, 0.4) is 0 Å². The summed E-state index contributed by atoms with van der Waals surface area (Å²) in [6.45, 7) is 1.31. The van der Waals surface area contributed by atoms with E-state index in [2.05, 4.69) is 15.9 Å². The van der Waals surface area contributed by atoms with Gasteiger partial charge in [-0.2, -0.15) is 0 Å². The second-order valence-electron chi connectivity index (χ2n) is 3.10. The van der Waals surface area contributed by atoms with Gasteiger partial charge in [-0.15, -0.1) is 0 Å². The summed E-state index contributed by atoms with van der Waals surface area (Å²) >= 11 is 2.97. The maximum atomic E-state index is 11.6. The quantitative estimate of drug-likeness (QED) is 0.732. The molecule has 0 radical (unpaired) electrons. The Labute approximate surface area is 93.1 Å². The highest BCUT2D eigenvalue weighted by Crippen LogP contribution is 2.27. The van der Waals surface area contributed by atoms with Crippen LogP contribution in [0.4, 0.5) is 0 Å². The minimum atomic E-state index is -0.413. The highest BCUT2D eigenvalue weighted by molar-refractivity contribution is 9.12. The standard InChI is InChI=1S/C10H5BrO4/c1-4(12)8-2-5-9(14)6(11)3-7(13)10(5)15-8/h2-3H,1H3. The van der Waals surface area contributed by atoms with Crippen LogP contribution in [-0.2, 0) is 0 Å². The van der Waals surface area contributed by atoms with Gasteiger partial charge in [-0.25, -0.2) is 0 Å². The van der Waals surface area contributed by atoms with E-state index in [-0.39, 0.29) is 33.1 Å². The first-order chi connectivity index (χ1) is 7.00. The van der Waals surface area contributed by atoms with Crippen LogP contribution in [0, 0.1) is 0 Å². The lowest BCUT2D eigenvalue weighted by Crippen LogP contribution is -2.11. The van der Waals surface area contributed by atoms with Gasteiger partial charge >= 0.3 is 0 Å². The number of hydrogen-bond acceptors (Lipinski definition) is 4. The van der Waals surface area contributed by atoms with Gasteiger partial charge in [0.15, 0.2) is 17.3 Å². The highest BCUT2D eigenvalue weighted by Gasteiger charge is 2.29. The molecule has 0 N–H and O–H groups in total. The Morgan fingerprint density at radius 2 is 2.07 bits per heavy atom. The summed E-state index contributed by atoms with van der Waals surface area (Å²) in [4.78, 5) is 34.0. The van der Waals surface area contributed by atoms with Crippen LogP contribution in [0.2, 0.25) is 0 Å². The van der Waals surface area contributed by atoms with Crippen molar-refractivity contribution in [3.63, 3.8) is 0 Å². The van der Waals surface area contributed by atoms with Gasteiger partial charge in [-0.05, 0) is 22.0 Å². The summed E-state index contributed by atoms with van der Waals surface area (Å²) < 4.78 is 5.19. The first kappa shape index (κ1) is 10.0. The second-order valence-corrected chi connectivity index (χ2v) is 3.95. The van der Waals surface area contributed by atoms with Gasteiger partial charge in [0, 0.05) is 13.0 Å². The molecule has 76 valence electrons. The molecule has 0 saturated heterocycles. The number of rotatable bonds is 1. The molecule has 0 bridgehead atoms. The number of Topliss-reactive ketones (excluding diaryl/α,β-unsaturated/α-hetero) is 2. The average Bonchev–Trinajstić information content (AvgIpc) is 2.59. The third-order valence-corrected chi connectivity index (χ3v) is 2.61. The van der Waals surface area contributed by atoms with E-state index in [4.69, 9.17) is 4.42 Å². The van der Waals surface area contributed by atoms with Gasteiger partial charge in [-0.3, -0.25) is 14.4 Å². The molecule has 0 aromatic carbocycles. The van der Waals surface area contributed by atoms with Crippen LogP contribution in [-0.4, -0.2) is 17.3 Å². The fourth-order valence-corrected chi connectivity index (χ4v) is 1.71. The maximum Gasteiger partial charge on any atom is 0.223 e. The highest BCUT2D eigenvalue weighted by atomic mass is 79.9. The van der Waals surface area contributed by atoms with Crippen molar-refractivity contribution in [1.82, 2.24) is 0 Å². The minimum absolute atomic E-state index is 0.0253. The molecule has 1 aliphatic carbocycles. The smallest absolute Gasteiger partial charge is 0.223 e. The van der Waals surface area contributed by atoms with Crippen LogP contribution in [0.25, 0.3) is 0 Å². The largest absolute Gasteiger partial charge is 0.449 e. The van der Waals surface area contributed by atoms with Crippen molar-refractivity contribution >= 4 is 33.3 Å². The zero-order valence-corrected chi connectivity index (χ0v) is 9.25. The number of fused-ring (bicyclic) bond motifs is 1. The Morgan fingerprint density at radius 3 is 2.67 bits per heavy atom. The average molecular weight is 269 g/mol. The molecule has 0 unspecified atom stereocenters. The minimum Gasteiger partial charge on any atom is -0.449 e. The number of halogens is 1. The summed E-state index contributed by atoms with van der Waals surface area (Å²) in [5.74, 6) is -1.11. The van der Waals surface area contributed by atoms with Crippen LogP contribution in [0.5, 0.6) is 0 Å². The summed E-state index contributed by atoms with van der Waals surface area (Å²) in [7, 11) is 0. The zero-order chi connectivity index (χ0) is 11.2. The fraction of sp³-hybridized carbons (Fsp3) is 0.100. The van der Waals surface area contributed by atoms with E-state index in [1.807, 2.05) is 0 Å². The molecule has 0 atom stereocenters. The number of carbonyl (C=O) groups is 3. The van der Waals surface area contributed by atoms with Gasteiger partial charge in [0.2, 0.25) is 11.6 Å². The molecular weight excluding hydrogens is 264 g/mol. The van der Waals surface area contributed by atoms with E-state index in [0.29, 0.717) is 0 Å². The SMILES string of the molecule is CC(=O)c1cc2c(o1)C(=O)C=C(Br)C2=O. The molecule has 0 fully saturated rings. The predicted molar refractivity (Wildman–Crippen MR) is 54.4 cm³/mol. The van der Waals surface area contributed by atoms with Crippen molar-refractivity contribution in [3.05, 3.63) is 33.7 Å². The molecule has 0 saturated carbocycles. The maximum absolute atomic E-state index is 11.6. The third kappa shape index (κ3) is 1.48. The van der Waals surface area contributed by atoms with E-state index in [0.717, 1.165) is 6.08 Å². The number of furan rings is 1. The number of carbonyl (C=O) groups excluding carboxylic acids is 3. The topological polar surface area (TPSA) is 64.3 Å². The molecule has 1 aromatic heterocycles. The fourth-order valence-electron chi connectivity index (χ4n) is 1.29. The van der Waals surface area contributed by atoms with Crippen LogP contribution in [0.15, 0.2) is 21.0 Å². The van der Waals surface area contributed by atoms with Crippen LogP contribution in [0.1, 0.15) is 38.4 Å². The molecule has 1 aliphatic rings. The molecule has 15 heavy (non-hydrogen) atoms. The Hall–Kier alpha value is -1.49. The molecule has 0 amide bonds. The molecule has 1 heterocycles. The van der Waals surface area contributed by atoms with E-state index >= 15 is 0 Å². The van der Waals surface area contributed by atoms with Crippen molar-refractivity contribution in [2.75, 3.05) is 0 Å². The number of hydrogen-bond donors (Lipinski definition) is 0. The van der Waals surface area contributed by atoms with Gasteiger partial charge in [-0.1, -0.05) is 0 Å². The second kappa shape index (κ2) is 3.27. The van der Waals surface area contributed by atoms with E-state index < -0.39 is 5.78 Å². The zero-order valence-electron chi connectivity index (χ0n) is 7.67. The van der Waals surface area contributed by atoms with Crippen molar-refractivity contribution in [2.45, 2.75) is 6.92 Å². The summed E-state index contributed by atoms with van der Waals surface area (Å²) in [6, 6.07) is 1.30. The van der Waals surface area contributed by atoms with Gasteiger partial charge in [0.25, 0.3) is 0 Å². The van der Waals surface area contributed by atoms with Crippen molar-refractivity contribution < 1.29 is 18.8 Å². The molecule has 4 nitrogen and oxygen atoms in total. The molecular formula is C10H5BrO4. The van der Waals surface area contributed by atoms with Crippen molar-refractivity contribution in [3.8, 4) is 0 Å². The first-order valence-corrected chi connectivity index (χ1v) is 4.91. The van der Waals surface area contributed by atoms with Gasteiger partial charge < -0.3 is 4.42 Å². The summed E-state index contributed by atoms with van der Waals surface area (Å²) in [5.41, 5.74) is 0.138. The number of ketones is 3. The monoisotopic (exact) mass is 268 g/mol. The first-order valence-electron chi connectivity index (χ1n) is 4.11. The van der Waals surface area contributed by atoms with Crippen molar-refractivity contribution in [2.24, 2.45) is 0 Å². The van der Waals surface area contributed by atoms with E-state index in [1.54, 1.807) is 0 Å².